The quantitative estimate of drug-likeness (QED) is 0.432. The van der Waals surface area contributed by atoms with E-state index in [1.807, 2.05) is 29.5 Å². The van der Waals surface area contributed by atoms with Crippen molar-refractivity contribution >= 4 is 22.6 Å². The lowest BCUT2D eigenvalue weighted by molar-refractivity contribution is -0.402. The van der Waals surface area contributed by atoms with Crippen LogP contribution in [0.25, 0.3) is 0 Å². The molecule has 0 heterocycles. The lowest BCUT2D eigenvalue weighted by atomic mass is 10.3. The van der Waals surface area contributed by atoms with E-state index < -0.39 is 4.92 Å². The van der Waals surface area contributed by atoms with Gasteiger partial charge in [0.15, 0.2) is 0 Å². The summed E-state index contributed by atoms with van der Waals surface area (Å²) >= 11 is 1.98. The maximum Gasteiger partial charge on any atom is 0.243 e. The van der Waals surface area contributed by atoms with Crippen molar-refractivity contribution in [3.63, 3.8) is 0 Å². The molecule has 0 atom stereocenters. The van der Waals surface area contributed by atoms with Crippen LogP contribution in [0, 0.1) is 10.1 Å². The van der Waals surface area contributed by atoms with E-state index in [9.17, 15) is 10.1 Å². The van der Waals surface area contributed by atoms with Crippen LogP contribution in [0.3, 0.4) is 0 Å². The van der Waals surface area contributed by atoms with Gasteiger partial charge in [-0.25, -0.2) is 0 Å². The van der Waals surface area contributed by atoms with Gasteiger partial charge in [0.2, 0.25) is 6.20 Å². The van der Waals surface area contributed by atoms with Crippen molar-refractivity contribution in [2.75, 3.05) is 0 Å². The van der Waals surface area contributed by atoms with Gasteiger partial charge in [-0.15, -0.1) is 0 Å². The smallest absolute Gasteiger partial charge is 0.243 e. The average Bonchev–Trinajstić information content (AvgIpc) is 1.63. The number of nitrogens with zero attached hydrogens (tertiary/aromatic N) is 1. The summed E-state index contributed by atoms with van der Waals surface area (Å²) < 4.78 is 0.806. The zero-order valence-corrected chi connectivity index (χ0v) is 7.29. The summed E-state index contributed by atoms with van der Waals surface area (Å²) in [4.78, 5) is 9.39. The molecule has 0 aliphatic carbocycles. The van der Waals surface area contributed by atoms with Crippen LogP contribution in [0.5, 0.6) is 0 Å². The fourth-order valence-electron chi connectivity index (χ4n) is 0.418. The van der Waals surface area contributed by atoms with E-state index in [1.54, 1.807) is 0 Å². The zero-order valence-electron chi connectivity index (χ0n) is 5.13. The van der Waals surface area contributed by atoms with Crippen LogP contribution in [0.15, 0.2) is 9.78 Å². The Morgan fingerprint density at radius 1 is 1.89 bits per heavy atom. The van der Waals surface area contributed by atoms with Crippen molar-refractivity contribution in [2.24, 2.45) is 0 Å². The highest BCUT2D eigenvalue weighted by Gasteiger charge is 1.94. The Bertz CT molecular complexity index is 133. The van der Waals surface area contributed by atoms with Crippen molar-refractivity contribution in [1.82, 2.24) is 0 Å². The van der Waals surface area contributed by atoms with Crippen LogP contribution < -0.4 is 0 Å². The van der Waals surface area contributed by atoms with E-state index in [0.29, 0.717) is 0 Å². The zero-order chi connectivity index (χ0) is 7.28. The lowest BCUT2D eigenvalue weighted by Crippen LogP contribution is -1.84. The molecule has 0 spiro atoms. The monoisotopic (exact) mass is 241 g/mol. The highest BCUT2D eigenvalue weighted by molar-refractivity contribution is 14.1. The predicted molar refractivity (Wildman–Crippen MR) is 44.0 cm³/mol. The van der Waals surface area contributed by atoms with E-state index in [4.69, 9.17) is 0 Å². The topological polar surface area (TPSA) is 43.1 Å². The van der Waals surface area contributed by atoms with Crippen LogP contribution in [-0.4, -0.2) is 4.92 Å². The van der Waals surface area contributed by atoms with E-state index in [0.717, 1.165) is 22.6 Å². The summed E-state index contributed by atoms with van der Waals surface area (Å²) in [6.07, 6.45) is 2.81. The first-order chi connectivity index (χ1) is 4.16. The molecule has 0 unspecified atom stereocenters. The van der Waals surface area contributed by atoms with Gasteiger partial charge in [0.25, 0.3) is 0 Å². The van der Waals surface area contributed by atoms with Crippen LogP contribution in [0.2, 0.25) is 0 Å². The minimum absolute atomic E-state index is 0.419. The molecule has 0 saturated heterocycles. The molecule has 0 radical (unpaired) electrons. The summed E-state index contributed by atoms with van der Waals surface area (Å²) in [7, 11) is 0. The third-order valence-corrected chi connectivity index (χ3v) is 1.55. The third kappa shape index (κ3) is 5.75. The Kier molecular flexibility index (Phi) is 4.65. The number of halogens is 1. The number of hydrogen-bond donors (Lipinski definition) is 0. The molecule has 0 aliphatic heterocycles. The molecule has 0 N–H and O–H groups in total. The van der Waals surface area contributed by atoms with Crippen LogP contribution in [-0.2, 0) is 0 Å². The fraction of sp³-hybridized carbons (Fsp3) is 0.600. The van der Waals surface area contributed by atoms with Crippen molar-refractivity contribution in [3.05, 3.63) is 19.9 Å². The standard InChI is InChI=1S/C5H8INO2/c1-2-3-5(6)4-7(8)9/h4H,2-3H2,1H3/b5-4+. The minimum atomic E-state index is -0.419. The van der Waals surface area contributed by atoms with Gasteiger partial charge in [-0.2, -0.15) is 0 Å². The van der Waals surface area contributed by atoms with Gasteiger partial charge in [-0.1, -0.05) is 13.3 Å². The van der Waals surface area contributed by atoms with Gasteiger partial charge in [0.05, 0.1) is 8.50 Å². The van der Waals surface area contributed by atoms with Crippen molar-refractivity contribution in [2.45, 2.75) is 19.8 Å². The Morgan fingerprint density at radius 2 is 2.44 bits per heavy atom. The molecule has 3 nitrogen and oxygen atoms in total. The number of rotatable bonds is 3. The minimum Gasteiger partial charge on any atom is -0.259 e. The van der Waals surface area contributed by atoms with Gasteiger partial charge in [0, 0.05) is 0 Å². The molecule has 0 bridgehead atoms. The molecule has 0 aromatic rings. The Labute approximate surface area is 67.4 Å². The molecule has 9 heavy (non-hydrogen) atoms. The first-order valence-electron chi connectivity index (χ1n) is 2.66. The summed E-state index contributed by atoms with van der Waals surface area (Å²) in [5, 5.41) is 9.81. The molecule has 4 heteroatoms. The Balaban J connectivity index is 3.69. The number of nitro groups is 1. The number of allylic oxidation sites excluding steroid dienone is 1. The molecule has 0 aliphatic rings. The van der Waals surface area contributed by atoms with E-state index in [-0.39, 0.29) is 0 Å². The van der Waals surface area contributed by atoms with E-state index in [2.05, 4.69) is 0 Å². The van der Waals surface area contributed by atoms with Gasteiger partial charge in [0.1, 0.15) is 0 Å². The van der Waals surface area contributed by atoms with Crippen LogP contribution in [0.4, 0.5) is 0 Å². The second kappa shape index (κ2) is 4.72. The second-order valence-electron chi connectivity index (χ2n) is 1.61. The predicted octanol–water partition coefficient (Wildman–Crippen LogP) is 2.34. The summed E-state index contributed by atoms with van der Waals surface area (Å²) in [6, 6.07) is 0. The molecule has 0 aromatic heterocycles. The van der Waals surface area contributed by atoms with E-state index >= 15 is 0 Å². The Morgan fingerprint density at radius 3 is 2.78 bits per heavy atom. The normalized spacial score (nSPS) is 11.6. The highest BCUT2D eigenvalue weighted by Crippen LogP contribution is 2.12. The van der Waals surface area contributed by atoms with Crippen LogP contribution >= 0.6 is 22.6 Å². The maximum atomic E-state index is 9.81. The van der Waals surface area contributed by atoms with Crippen molar-refractivity contribution in [3.8, 4) is 0 Å². The Hall–Kier alpha value is -0.130. The molecule has 0 aromatic carbocycles. The molecule has 0 amide bonds. The maximum absolute atomic E-state index is 9.81. The summed E-state index contributed by atoms with van der Waals surface area (Å²) in [5.41, 5.74) is 0. The SMILES string of the molecule is CCC/C(I)=C\[N+](=O)[O-]. The second-order valence-corrected chi connectivity index (χ2v) is 3.00. The summed E-state index contributed by atoms with van der Waals surface area (Å²) in [5.74, 6) is 0. The highest BCUT2D eigenvalue weighted by atomic mass is 127. The molecule has 52 valence electrons. The van der Waals surface area contributed by atoms with Gasteiger partial charge in [-0.05, 0) is 29.0 Å². The molecular formula is C5H8INO2. The van der Waals surface area contributed by atoms with Gasteiger partial charge in [-0.3, -0.25) is 10.1 Å². The fourth-order valence-corrected chi connectivity index (χ4v) is 1.18. The largest absolute Gasteiger partial charge is 0.259 e. The molecule has 0 saturated carbocycles. The number of hydrogen-bond acceptors (Lipinski definition) is 2. The molecular weight excluding hydrogens is 233 g/mol. The third-order valence-electron chi connectivity index (χ3n) is 0.734. The van der Waals surface area contributed by atoms with Crippen LogP contribution in [0.1, 0.15) is 19.8 Å². The lowest BCUT2D eigenvalue weighted by Gasteiger charge is -1.87. The summed E-state index contributed by atoms with van der Waals surface area (Å²) in [6.45, 7) is 1.99. The molecule has 0 rings (SSSR count). The van der Waals surface area contributed by atoms with Gasteiger partial charge >= 0.3 is 0 Å². The van der Waals surface area contributed by atoms with Crippen molar-refractivity contribution in [1.29, 1.82) is 0 Å². The van der Waals surface area contributed by atoms with Gasteiger partial charge < -0.3 is 0 Å². The van der Waals surface area contributed by atoms with E-state index in [1.165, 1.54) is 0 Å². The molecule has 0 fully saturated rings. The average molecular weight is 241 g/mol. The first kappa shape index (κ1) is 8.87. The van der Waals surface area contributed by atoms with Crippen molar-refractivity contribution < 1.29 is 4.92 Å². The first-order valence-corrected chi connectivity index (χ1v) is 3.74.